The Balaban J connectivity index is 2.42. The van der Waals surface area contributed by atoms with Crippen molar-refractivity contribution in [3.63, 3.8) is 0 Å². The summed E-state index contributed by atoms with van der Waals surface area (Å²) in [5.41, 5.74) is 3.66. The summed E-state index contributed by atoms with van der Waals surface area (Å²) in [6.07, 6.45) is 0. The van der Waals surface area contributed by atoms with Gasteiger partial charge in [-0.15, -0.1) is 11.3 Å². The lowest BCUT2D eigenvalue weighted by Crippen LogP contribution is -2.17. The van der Waals surface area contributed by atoms with Gasteiger partial charge in [-0.25, -0.2) is 0 Å². The number of rotatable bonds is 3. The Bertz CT molecular complexity index is 519. The predicted octanol–water partition coefficient (Wildman–Crippen LogP) is 4.33. The van der Waals surface area contributed by atoms with E-state index in [2.05, 4.69) is 41.9 Å². The van der Waals surface area contributed by atoms with Crippen molar-refractivity contribution in [1.29, 1.82) is 0 Å². The number of benzene rings is 1. The fourth-order valence-electron chi connectivity index (χ4n) is 1.92. The van der Waals surface area contributed by atoms with Gasteiger partial charge in [-0.3, -0.25) is 0 Å². The Labute approximate surface area is 111 Å². The highest BCUT2D eigenvalue weighted by Gasteiger charge is 2.16. The minimum atomic E-state index is 0.230. The Hall–Kier alpha value is -0.830. The third-order valence-electron chi connectivity index (χ3n) is 2.98. The second-order valence-electron chi connectivity index (χ2n) is 4.20. The van der Waals surface area contributed by atoms with Crippen LogP contribution in [0.15, 0.2) is 29.6 Å². The Morgan fingerprint density at radius 2 is 1.94 bits per heavy atom. The molecule has 1 N–H and O–H groups in total. The van der Waals surface area contributed by atoms with Crippen molar-refractivity contribution in [2.24, 2.45) is 0 Å². The summed E-state index contributed by atoms with van der Waals surface area (Å²) in [5, 5.41) is 6.32. The van der Waals surface area contributed by atoms with Gasteiger partial charge in [0.15, 0.2) is 0 Å². The van der Waals surface area contributed by atoms with Gasteiger partial charge >= 0.3 is 0 Å². The Morgan fingerprint density at radius 1 is 1.18 bits per heavy atom. The van der Waals surface area contributed by atoms with Crippen molar-refractivity contribution < 1.29 is 0 Å². The average Bonchev–Trinajstić information content (AvgIpc) is 2.71. The highest BCUT2D eigenvalue weighted by molar-refractivity contribution is 7.10. The highest BCUT2D eigenvalue weighted by atomic mass is 35.5. The molecule has 0 aliphatic heterocycles. The molecule has 1 aromatic heterocycles. The summed E-state index contributed by atoms with van der Waals surface area (Å²) in [7, 11) is 1.98. The first-order valence-electron chi connectivity index (χ1n) is 5.60. The van der Waals surface area contributed by atoms with E-state index >= 15 is 0 Å². The lowest BCUT2D eigenvalue weighted by molar-refractivity contribution is 0.700. The van der Waals surface area contributed by atoms with Gasteiger partial charge in [-0.1, -0.05) is 23.7 Å². The van der Waals surface area contributed by atoms with Crippen LogP contribution in [-0.2, 0) is 0 Å². The summed E-state index contributed by atoms with van der Waals surface area (Å²) in [4.78, 5) is 1.35. The normalized spacial score (nSPS) is 12.7. The van der Waals surface area contributed by atoms with Crippen LogP contribution in [-0.4, -0.2) is 7.05 Å². The number of thiophene rings is 1. The monoisotopic (exact) mass is 265 g/mol. The molecule has 0 aliphatic carbocycles. The van der Waals surface area contributed by atoms with E-state index < -0.39 is 0 Å². The van der Waals surface area contributed by atoms with Crippen LogP contribution < -0.4 is 5.32 Å². The summed E-state index contributed by atoms with van der Waals surface area (Å²) >= 11 is 7.97. The minimum absolute atomic E-state index is 0.230. The standard InChI is InChI=1S/C14H16ClNS/c1-9-4-5-11(8-12(9)15)13(16-3)14-10(2)6-7-17-14/h4-8,13,16H,1-3H3. The van der Waals surface area contributed by atoms with Gasteiger partial charge in [-0.05, 0) is 55.1 Å². The van der Waals surface area contributed by atoms with Crippen LogP contribution in [0.4, 0.5) is 0 Å². The number of hydrogen-bond donors (Lipinski definition) is 1. The van der Waals surface area contributed by atoms with Crippen LogP contribution in [0.2, 0.25) is 5.02 Å². The molecule has 0 saturated heterocycles. The van der Waals surface area contributed by atoms with Crippen molar-refractivity contribution >= 4 is 22.9 Å². The van der Waals surface area contributed by atoms with Crippen LogP contribution in [0.3, 0.4) is 0 Å². The molecule has 0 bridgehead atoms. The fraction of sp³-hybridized carbons (Fsp3) is 0.286. The van der Waals surface area contributed by atoms with Gasteiger partial charge in [0, 0.05) is 9.90 Å². The average molecular weight is 266 g/mol. The van der Waals surface area contributed by atoms with Crippen LogP contribution in [0.25, 0.3) is 0 Å². The second-order valence-corrected chi connectivity index (χ2v) is 5.55. The Morgan fingerprint density at radius 3 is 2.47 bits per heavy atom. The van der Waals surface area contributed by atoms with Gasteiger partial charge < -0.3 is 5.32 Å². The van der Waals surface area contributed by atoms with Crippen molar-refractivity contribution in [1.82, 2.24) is 5.32 Å². The van der Waals surface area contributed by atoms with Crippen molar-refractivity contribution in [2.45, 2.75) is 19.9 Å². The Kier molecular flexibility index (Phi) is 3.87. The molecule has 17 heavy (non-hydrogen) atoms. The lowest BCUT2D eigenvalue weighted by Gasteiger charge is -2.17. The molecule has 2 rings (SSSR count). The van der Waals surface area contributed by atoms with Crippen molar-refractivity contribution in [3.8, 4) is 0 Å². The maximum atomic E-state index is 6.19. The topological polar surface area (TPSA) is 12.0 Å². The SMILES string of the molecule is CNC(c1ccc(C)c(Cl)c1)c1sccc1C. The van der Waals surface area contributed by atoms with E-state index in [0.29, 0.717) is 0 Å². The first-order chi connectivity index (χ1) is 8.13. The van der Waals surface area contributed by atoms with E-state index in [-0.39, 0.29) is 6.04 Å². The van der Waals surface area contributed by atoms with Gasteiger partial charge in [-0.2, -0.15) is 0 Å². The quantitative estimate of drug-likeness (QED) is 0.871. The number of hydrogen-bond acceptors (Lipinski definition) is 2. The number of nitrogens with one attached hydrogen (secondary N) is 1. The van der Waals surface area contributed by atoms with Crippen LogP contribution >= 0.6 is 22.9 Å². The summed E-state index contributed by atoms with van der Waals surface area (Å²) < 4.78 is 0. The van der Waals surface area contributed by atoms with Crippen LogP contribution in [0.1, 0.15) is 27.6 Å². The predicted molar refractivity (Wildman–Crippen MR) is 76.1 cm³/mol. The second kappa shape index (κ2) is 5.21. The molecule has 0 fully saturated rings. The molecule has 0 spiro atoms. The number of aryl methyl sites for hydroxylation is 2. The largest absolute Gasteiger partial charge is 0.309 e. The van der Waals surface area contributed by atoms with Crippen molar-refractivity contribution in [3.05, 3.63) is 56.2 Å². The fourth-order valence-corrected chi connectivity index (χ4v) is 3.17. The van der Waals surface area contributed by atoms with E-state index in [1.165, 1.54) is 16.0 Å². The van der Waals surface area contributed by atoms with Crippen LogP contribution in [0, 0.1) is 13.8 Å². The third kappa shape index (κ3) is 2.54. The zero-order valence-electron chi connectivity index (χ0n) is 10.3. The van der Waals surface area contributed by atoms with E-state index in [9.17, 15) is 0 Å². The summed E-state index contributed by atoms with van der Waals surface area (Å²) in [5.74, 6) is 0. The van der Waals surface area contributed by atoms with Gasteiger partial charge in [0.1, 0.15) is 0 Å². The maximum absolute atomic E-state index is 6.19. The van der Waals surface area contributed by atoms with Gasteiger partial charge in [0.25, 0.3) is 0 Å². The molecular weight excluding hydrogens is 250 g/mol. The molecule has 1 unspecified atom stereocenters. The third-order valence-corrected chi connectivity index (χ3v) is 4.47. The zero-order valence-corrected chi connectivity index (χ0v) is 11.8. The van der Waals surface area contributed by atoms with Gasteiger partial charge in [0.2, 0.25) is 0 Å². The molecule has 1 atom stereocenters. The highest BCUT2D eigenvalue weighted by Crippen LogP contribution is 2.31. The van der Waals surface area contributed by atoms with Gasteiger partial charge in [0.05, 0.1) is 6.04 Å². The summed E-state index contributed by atoms with van der Waals surface area (Å²) in [6, 6.07) is 8.65. The zero-order chi connectivity index (χ0) is 12.4. The first kappa shape index (κ1) is 12.6. The minimum Gasteiger partial charge on any atom is -0.309 e. The maximum Gasteiger partial charge on any atom is 0.0671 e. The molecule has 0 radical (unpaired) electrons. The molecule has 0 amide bonds. The molecule has 3 heteroatoms. The smallest absolute Gasteiger partial charge is 0.0671 e. The lowest BCUT2D eigenvalue weighted by atomic mass is 10.0. The molecule has 0 aliphatic rings. The molecular formula is C14H16ClNS. The molecule has 2 aromatic rings. The first-order valence-corrected chi connectivity index (χ1v) is 6.86. The van der Waals surface area contributed by atoms with E-state index in [0.717, 1.165) is 10.6 Å². The molecule has 0 saturated carbocycles. The van der Waals surface area contributed by atoms with Crippen molar-refractivity contribution in [2.75, 3.05) is 7.05 Å². The van der Waals surface area contributed by atoms with E-state index in [4.69, 9.17) is 11.6 Å². The molecule has 1 aromatic carbocycles. The molecule has 90 valence electrons. The van der Waals surface area contributed by atoms with E-state index in [1.807, 2.05) is 14.0 Å². The van der Waals surface area contributed by atoms with Crippen LogP contribution in [0.5, 0.6) is 0 Å². The molecule has 1 nitrogen and oxygen atoms in total. The summed E-state index contributed by atoms with van der Waals surface area (Å²) in [6.45, 7) is 4.17. The number of halogens is 1. The van der Waals surface area contributed by atoms with E-state index in [1.54, 1.807) is 11.3 Å². The molecule has 1 heterocycles.